The maximum atomic E-state index is 10.3. The summed E-state index contributed by atoms with van der Waals surface area (Å²) in [5.74, 6) is 0.917. The number of benzene rings is 2. The molecule has 1 saturated carbocycles. The summed E-state index contributed by atoms with van der Waals surface area (Å²) in [6, 6.07) is 5.29. The van der Waals surface area contributed by atoms with Gasteiger partial charge in [-0.15, -0.1) is 0 Å². The van der Waals surface area contributed by atoms with Gasteiger partial charge in [0.25, 0.3) is 0 Å². The molecule has 1 aliphatic rings. The minimum atomic E-state index is -0.209. The molecular weight excluding hydrogens is 408 g/mol. The quantitative estimate of drug-likeness (QED) is 0.395. The first-order chi connectivity index (χ1) is 15.3. The van der Waals surface area contributed by atoms with Crippen LogP contribution >= 0.6 is 0 Å². The number of hydrogen-bond donors (Lipinski definition) is 6. The molecule has 0 spiro atoms. The summed E-state index contributed by atoms with van der Waals surface area (Å²) in [5, 5.41) is 56.8. The van der Waals surface area contributed by atoms with Crippen LogP contribution in [0.3, 0.4) is 0 Å². The van der Waals surface area contributed by atoms with E-state index in [4.69, 9.17) is 10.2 Å². The van der Waals surface area contributed by atoms with Gasteiger partial charge in [0, 0.05) is 11.1 Å². The van der Waals surface area contributed by atoms with Crippen molar-refractivity contribution in [3.8, 4) is 11.5 Å². The molecule has 1 aliphatic carbocycles. The zero-order chi connectivity index (χ0) is 23.8. The summed E-state index contributed by atoms with van der Waals surface area (Å²) in [6.45, 7) is 5.24. The topological polar surface area (TPSA) is 121 Å². The Kier molecular flexibility index (Phi) is 9.97. The van der Waals surface area contributed by atoms with Gasteiger partial charge in [-0.25, -0.2) is 0 Å². The van der Waals surface area contributed by atoms with Crippen molar-refractivity contribution in [2.75, 3.05) is 0 Å². The zero-order valence-corrected chi connectivity index (χ0v) is 19.4. The van der Waals surface area contributed by atoms with E-state index in [-0.39, 0.29) is 43.8 Å². The molecule has 0 saturated heterocycles. The summed E-state index contributed by atoms with van der Waals surface area (Å²) in [7, 11) is 0. The van der Waals surface area contributed by atoms with E-state index in [2.05, 4.69) is 0 Å². The lowest BCUT2D eigenvalue weighted by Crippen LogP contribution is -2.08. The van der Waals surface area contributed by atoms with E-state index in [0.717, 1.165) is 40.7 Å². The molecule has 0 atom stereocenters. The van der Waals surface area contributed by atoms with Crippen molar-refractivity contribution in [3.63, 3.8) is 0 Å². The average Bonchev–Trinajstić information content (AvgIpc) is 2.80. The lowest BCUT2D eigenvalue weighted by atomic mass is 9.81. The van der Waals surface area contributed by atoms with E-state index in [0.29, 0.717) is 17.0 Å². The minimum Gasteiger partial charge on any atom is -0.507 e. The summed E-state index contributed by atoms with van der Waals surface area (Å²) >= 11 is 0. The molecule has 32 heavy (non-hydrogen) atoms. The van der Waals surface area contributed by atoms with Crippen molar-refractivity contribution < 1.29 is 30.6 Å². The van der Waals surface area contributed by atoms with Gasteiger partial charge < -0.3 is 30.6 Å². The SMILES string of the molecule is CC(C)c1cc(CO)cc(CO)c1O.Cc1c(CO)cc(C2CCCCC2)c(O)c1CO. The molecule has 0 aromatic heterocycles. The molecule has 0 radical (unpaired) electrons. The van der Waals surface area contributed by atoms with Gasteiger partial charge in [-0.3, -0.25) is 0 Å². The Labute approximate surface area is 190 Å². The number of phenols is 2. The van der Waals surface area contributed by atoms with E-state index >= 15 is 0 Å². The zero-order valence-electron chi connectivity index (χ0n) is 19.4. The second-order valence-corrected chi connectivity index (χ2v) is 8.89. The minimum absolute atomic E-state index is 0.0428. The van der Waals surface area contributed by atoms with Gasteiger partial charge in [0.15, 0.2) is 0 Å². The molecule has 0 aliphatic heterocycles. The first-order valence-electron chi connectivity index (χ1n) is 11.4. The highest BCUT2D eigenvalue weighted by Crippen LogP contribution is 2.40. The van der Waals surface area contributed by atoms with Crippen LogP contribution in [0.2, 0.25) is 0 Å². The maximum absolute atomic E-state index is 10.3. The lowest BCUT2D eigenvalue weighted by Gasteiger charge is -2.25. The summed E-state index contributed by atoms with van der Waals surface area (Å²) in [6.07, 6.45) is 5.84. The third-order valence-electron chi connectivity index (χ3n) is 6.45. The number of aliphatic hydroxyl groups excluding tert-OH is 4. The Morgan fingerprint density at radius 2 is 1.41 bits per heavy atom. The van der Waals surface area contributed by atoms with Gasteiger partial charge in [0.05, 0.1) is 26.4 Å². The van der Waals surface area contributed by atoms with E-state index in [1.807, 2.05) is 26.8 Å². The highest BCUT2D eigenvalue weighted by molar-refractivity contribution is 5.50. The van der Waals surface area contributed by atoms with Crippen molar-refractivity contribution in [3.05, 3.63) is 57.1 Å². The fourth-order valence-corrected chi connectivity index (χ4v) is 4.43. The number of hydrogen-bond acceptors (Lipinski definition) is 6. The molecule has 178 valence electrons. The smallest absolute Gasteiger partial charge is 0.124 e. The van der Waals surface area contributed by atoms with Crippen LogP contribution in [0.1, 0.15) is 96.7 Å². The van der Waals surface area contributed by atoms with Gasteiger partial charge in [0.2, 0.25) is 0 Å². The number of rotatable bonds is 6. The molecule has 1 fully saturated rings. The van der Waals surface area contributed by atoms with Crippen LogP contribution in [0, 0.1) is 6.92 Å². The molecule has 2 aromatic carbocycles. The third kappa shape index (κ3) is 6.01. The first-order valence-corrected chi connectivity index (χ1v) is 11.4. The standard InChI is InChI=1S/C15H22O3.C11H16O3/c1-10-12(8-16)7-13(15(18)14(10)9-17)11-5-3-2-4-6-11;1-7(2)10-4-8(5-12)3-9(6-13)11(10)14/h7,11,16-18H,2-6,8-9H2,1H3;3-4,7,12-14H,5-6H2,1-2H3. The van der Waals surface area contributed by atoms with E-state index < -0.39 is 0 Å². The monoisotopic (exact) mass is 446 g/mol. The van der Waals surface area contributed by atoms with Crippen LogP contribution in [-0.2, 0) is 26.4 Å². The second kappa shape index (κ2) is 12.2. The lowest BCUT2D eigenvalue weighted by molar-refractivity contribution is 0.267. The average molecular weight is 447 g/mol. The normalized spacial score (nSPS) is 14.4. The Hall–Kier alpha value is -2.12. The summed E-state index contributed by atoms with van der Waals surface area (Å²) < 4.78 is 0. The molecule has 0 bridgehead atoms. The van der Waals surface area contributed by atoms with Gasteiger partial charge in [0.1, 0.15) is 11.5 Å². The first kappa shape index (κ1) is 26.1. The van der Waals surface area contributed by atoms with Crippen LogP contribution < -0.4 is 0 Å². The fraction of sp³-hybridized carbons (Fsp3) is 0.538. The Bertz CT molecular complexity index is 885. The molecule has 2 aromatic rings. The van der Waals surface area contributed by atoms with Crippen LogP contribution in [0.15, 0.2) is 18.2 Å². The van der Waals surface area contributed by atoms with Crippen molar-refractivity contribution in [2.24, 2.45) is 0 Å². The molecule has 6 N–H and O–H groups in total. The molecule has 0 amide bonds. The van der Waals surface area contributed by atoms with Gasteiger partial charge >= 0.3 is 0 Å². The van der Waals surface area contributed by atoms with Crippen LogP contribution in [0.4, 0.5) is 0 Å². The summed E-state index contributed by atoms with van der Waals surface area (Å²) in [5.41, 5.74) is 5.06. The predicted molar refractivity (Wildman–Crippen MR) is 125 cm³/mol. The number of aliphatic hydroxyl groups is 4. The highest BCUT2D eigenvalue weighted by atomic mass is 16.3. The van der Waals surface area contributed by atoms with Crippen LogP contribution in [0.5, 0.6) is 11.5 Å². The molecule has 3 rings (SSSR count). The van der Waals surface area contributed by atoms with E-state index in [9.17, 15) is 20.4 Å². The maximum Gasteiger partial charge on any atom is 0.124 e. The number of aromatic hydroxyl groups is 2. The fourth-order valence-electron chi connectivity index (χ4n) is 4.43. The molecule has 0 unspecified atom stereocenters. The molecule has 0 heterocycles. The second-order valence-electron chi connectivity index (χ2n) is 8.89. The molecule has 6 heteroatoms. The highest BCUT2D eigenvalue weighted by Gasteiger charge is 2.22. The summed E-state index contributed by atoms with van der Waals surface area (Å²) in [4.78, 5) is 0. The van der Waals surface area contributed by atoms with Crippen molar-refractivity contribution in [1.29, 1.82) is 0 Å². The van der Waals surface area contributed by atoms with Crippen LogP contribution in [-0.4, -0.2) is 30.6 Å². The largest absolute Gasteiger partial charge is 0.507 e. The predicted octanol–water partition coefficient (Wildman–Crippen LogP) is 4.23. The van der Waals surface area contributed by atoms with Crippen molar-refractivity contribution in [1.82, 2.24) is 0 Å². The van der Waals surface area contributed by atoms with Crippen molar-refractivity contribution >= 4 is 0 Å². The van der Waals surface area contributed by atoms with E-state index in [1.165, 1.54) is 19.3 Å². The Morgan fingerprint density at radius 3 is 1.91 bits per heavy atom. The van der Waals surface area contributed by atoms with Crippen LogP contribution in [0.25, 0.3) is 0 Å². The molecule has 6 nitrogen and oxygen atoms in total. The van der Waals surface area contributed by atoms with Crippen molar-refractivity contribution in [2.45, 2.75) is 91.1 Å². The third-order valence-corrected chi connectivity index (χ3v) is 6.45. The van der Waals surface area contributed by atoms with Gasteiger partial charge in [-0.05, 0) is 77.6 Å². The Morgan fingerprint density at radius 1 is 0.781 bits per heavy atom. The van der Waals surface area contributed by atoms with E-state index in [1.54, 1.807) is 12.1 Å². The molecular formula is C26H38O6. The Balaban J connectivity index is 0.000000235. The van der Waals surface area contributed by atoms with Gasteiger partial charge in [-0.1, -0.05) is 33.1 Å². The van der Waals surface area contributed by atoms with Gasteiger partial charge in [-0.2, -0.15) is 0 Å².